The average Bonchev–Trinajstić information content (AvgIpc) is 3.04. The molecule has 0 fully saturated rings. The first-order chi connectivity index (χ1) is 11.2. The Labute approximate surface area is 156 Å². The molecule has 0 saturated heterocycles. The number of rotatable bonds is 5. The lowest BCUT2D eigenvalue weighted by Gasteiger charge is -2.01. The van der Waals surface area contributed by atoms with E-state index >= 15 is 0 Å². The van der Waals surface area contributed by atoms with Gasteiger partial charge in [-0.1, -0.05) is 11.8 Å². The molecule has 10 heteroatoms. The van der Waals surface area contributed by atoms with Crippen LogP contribution in [-0.2, 0) is 0 Å². The second-order valence-electron chi connectivity index (χ2n) is 4.43. The molecular weight excluding hydrogens is 414 g/mol. The zero-order valence-electron chi connectivity index (χ0n) is 12.4. The lowest BCUT2D eigenvalue weighted by Crippen LogP contribution is -1.93. The maximum absolute atomic E-state index is 10.7. The number of thiazole rings is 1. The molecule has 124 valence electrons. The van der Waals surface area contributed by atoms with Crippen LogP contribution in [0.5, 0.6) is 0 Å². The molecule has 0 aliphatic heterocycles. The normalized spacial score (nSPS) is 10.0. The van der Waals surface area contributed by atoms with Crippen molar-refractivity contribution in [2.24, 2.45) is 0 Å². The van der Waals surface area contributed by atoms with Crippen LogP contribution in [0.15, 0.2) is 47.2 Å². The van der Waals surface area contributed by atoms with Gasteiger partial charge in [-0.15, -0.1) is 28.3 Å². The van der Waals surface area contributed by atoms with Crippen LogP contribution in [0, 0.1) is 10.1 Å². The van der Waals surface area contributed by atoms with E-state index in [0.717, 1.165) is 16.9 Å². The molecule has 0 atom stereocenters. The van der Waals surface area contributed by atoms with Crippen LogP contribution in [0.2, 0.25) is 0 Å². The summed E-state index contributed by atoms with van der Waals surface area (Å²) in [4.78, 5) is 23.1. The van der Waals surface area contributed by atoms with Crippen molar-refractivity contribution in [2.45, 2.75) is 5.16 Å². The number of hydrogen-bond donors (Lipinski definition) is 1. The van der Waals surface area contributed by atoms with Gasteiger partial charge in [-0.25, -0.2) is 15.0 Å². The lowest BCUT2D eigenvalue weighted by atomic mass is 10.1. The monoisotopic (exact) mass is 425 g/mol. The average molecular weight is 426 g/mol. The molecule has 0 bridgehead atoms. The highest BCUT2D eigenvalue weighted by Gasteiger charge is 2.08. The van der Waals surface area contributed by atoms with E-state index in [2.05, 4.69) is 20.3 Å². The van der Waals surface area contributed by atoms with Crippen LogP contribution in [-0.4, -0.2) is 26.1 Å². The summed E-state index contributed by atoms with van der Waals surface area (Å²) < 4.78 is 0. The molecule has 7 nitrogen and oxygen atoms in total. The zero-order valence-corrected chi connectivity index (χ0v) is 15.7. The van der Waals surface area contributed by atoms with Gasteiger partial charge in [0.05, 0.1) is 28.7 Å². The van der Waals surface area contributed by atoms with E-state index in [-0.39, 0.29) is 22.7 Å². The van der Waals surface area contributed by atoms with Crippen LogP contribution in [0.4, 0.5) is 16.5 Å². The maximum atomic E-state index is 10.7. The minimum absolute atomic E-state index is 0. The molecule has 0 aliphatic carbocycles. The Balaban J connectivity index is 0.00000208. The molecule has 1 N–H and O–H groups in total. The third-order valence-electron chi connectivity index (χ3n) is 2.94. The van der Waals surface area contributed by atoms with Gasteiger partial charge in [-0.2, -0.15) is 0 Å². The van der Waals surface area contributed by atoms with Crippen molar-refractivity contribution in [3.05, 3.63) is 52.2 Å². The Morgan fingerprint density at radius 2 is 1.88 bits per heavy atom. The van der Waals surface area contributed by atoms with E-state index in [1.807, 2.05) is 11.6 Å². The van der Waals surface area contributed by atoms with Gasteiger partial charge in [0.2, 0.25) is 0 Å². The molecule has 0 amide bonds. The summed E-state index contributed by atoms with van der Waals surface area (Å²) in [5, 5.41) is 17.1. The van der Waals surface area contributed by atoms with E-state index in [9.17, 15) is 10.1 Å². The minimum atomic E-state index is -0.421. The van der Waals surface area contributed by atoms with Gasteiger partial charge in [0.25, 0.3) is 5.69 Å². The fourth-order valence-electron chi connectivity index (χ4n) is 1.83. The van der Waals surface area contributed by atoms with E-state index in [1.165, 1.54) is 35.2 Å². The summed E-state index contributed by atoms with van der Waals surface area (Å²) in [5.41, 5.74) is 2.41. The Bertz CT molecular complexity index is 824. The van der Waals surface area contributed by atoms with Crippen LogP contribution < -0.4 is 5.32 Å². The van der Waals surface area contributed by atoms with E-state index in [1.54, 1.807) is 24.5 Å². The number of halogens is 1. The molecule has 0 radical (unpaired) electrons. The van der Waals surface area contributed by atoms with Crippen molar-refractivity contribution < 1.29 is 4.92 Å². The molecule has 24 heavy (non-hydrogen) atoms. The van der Waals surface area contributed by atoms with Crippen LogP contribution in [0.3, 0.4) is 0 Å². The predicted octanol–water partition coefficient (Wildman–Crippen LogP) is 4.55. The standard InChI is InChI=1S/C14H11N5O2S2.BrH/c1-22-13-15-6-10(7-16-13)17-14-18-12(8-23-14)9-2-4-11(5-3-9)19(20)21;/h2-8H,1H3,(H,17,18);1H. The van der Waals surface area contributed by atoms with Crippen molar-refractivity contribution >= 4 is 56.6 Å². The number of nitrogens with one attached hydrogen (secondary N) is 1. The SMILES string of the molecule is Br.CSc1ncc(Nc2nc(-c3ccc([N+](=O)[O-])cc3)cs2)cn1. The Morgan fingerprint density at radius 1 is 1.21 bits per heavy atom. The Hall–Kier alpha value is -2.04. The number of benzene rings is 1. The van der Waals surface area contributed by atoms with Gasteiger partial charge in [0.1, 0.15) is 0 Å². The number of anilines is 2. The molecule has 0 spiro atoms. The van der Waals surface area contributed by atoms with Gasteiger partial charge in [0.15, 0.2) is 10.3 Å². The summed E-state index contributed by atoms with van der Waals surface area (Å²) in [6.07, 6.45) is 5.32. The van der Waals surface area contributed by atoms with Crippen molar-refractivity contribution in [3.8, 4) is 11.3 Å². The fourth-order valence-corrected chi connectivity index (χ4v) is 2.88. The van der Waals surface area contributed by atoms with Gasteiger partial charge in [0, 0.05) is 23.1 Å². The number of nitro groups is 1. The first-order valence-electron chi connectivity index (χ1n) is 6.49. The fraction of sp³-hybridized carbons (Fsp3) is 0.0714. The van der Waals surface area contributed by atoms with Crippen LogP contribution in [0.25, 0.3) is 11.3 Å². The summed E-state index contributed by atoms with van der Waals surface area (Å²) in [6.45, 7) is 0. The first-order valence-corrected chi connectivity index (χ1v) is 8.59. The van der Waals surface area contributed by atoms with Crippen molar-refractivity contribution in [2.75, 3.05) is 11.6 Å². The zero-order chi connectivity index (χ0) is 16.2. The van der Waals surface area contributed by atoms with Crippen LogP contribution in [0.1, 0.15) is 0 Å². The summed E-state index contributed by atoms with van der Waals surface area (Å²) in [5.74, 6) is 0. The highest BCUT2D eigenvalue weighted by atomic mass is 79.9. The molecule has 2 aromatic heterocycles. The third-order valence-corrected chi connectivity index (χ3v) is 4.27. The number of nitro benzene ring substituents is 1. The van der Waals surface area contributed by atoms with E-state index in [4.69, 9.17) is 0 Å². The van der Waals surface area contributed by atoms with Gasteiger partial charge in [-0.3, -0.25) is 10.1 Å². The highest BCUT2D eigenvalue weighted by Crippen LogP contribution is 2.28. The molecule has 0 unspecified atom stereocenters. The quantitative estimate of drug-likeness (QED) is 0.277. The highest BCUT2D eigenvalue weighted by molar-refractivity contribution is 8.93. The van der Waals surface area contributed by atoms with Gasteiger partial charge >= 0.3 is 0 Å². The molecular formula is C14H12BrN5O2S2. The Kier molecular flexibility index (Phi) is 6.23. The molecule has 3 aromatic rings. The number of aromatic nitrogens is 3. The smallest absolute Gasteiger partial charge is 0.269 e. The predicted molar refractivity (Wildman–Crippen MR) is 102 cm³/mol. The largest absolute Gasteiger partial charge is 0.329 e. The number of hydrogen-bond acceptors (Lipinski definition) is 8. The molecule has 0 saturated carbocycles. The van der Waals surface area contributed by atoms with Gasteiger partial charge < -0.3 is 5.32 Å². The van der Waals surface area contributed by atoms with Crippen LogP contribution >= 0.6 is 40.1 Å². The van der Waals surface area contributed by atoms with Crippen molar-refractivity contribution in [3.63, 3.8) is 0 Å². The first kappa shape index (κ1) is 18.3. The number of nitrogens with zero attached hydrogens (tertiary/aromatic N) is 4. The second kappa shape index (κ2) is 8.18. The summed E-state index contributed by atoms with van der Waals surface area (Å²) in [7, 11) is 0. The molecule has 0 aliphatic rings. The number of non-ortho nitro benzene ring substituents is 1. The van der Waals surface area contributed by atoms with Gasteiger partial charge in [-0.05, 0) is 18.4 Å². The van der Waals surface area contributed by atoms with Crippen molar-refractivity contribution in [1.82, 2.24) is 15.0 Å². The van der Waals surface area contributed by atoms with Crippen molar-refractivity contribution in [1.29, 1.82) is 0 Å². The maximum Gasteiger partial charge on any atom is 0.269 e. The lowest BCUT2D eigenvalue weighted by molar-refractivity contribution is -0.384. The van der Waals surface area contributed by atoms with E-state index in [0.29, 0.717) is 10.3 Å². The second-order valence-corrected chi connectivity index (χ2v) is 6.06. The van der Waals surface area contributed by atoms with E-state index < -0.39 is 4.92 Å². The third kappa shape index (κ3) is 4.28. The molecule has 2 heterocycles. The Morgan fingerprint density at radius 3 is 2.46 bits per heavy atom. The topological polar surface area (TPSA) is 93.8 Å². The molecule has 1 aromatic carbocycles. The number of thioether (sulfide) groups is 1. The summed E-state index contributed by atoms with van der Waals surface area (Å²) in [6, 6.07) is 6.31. The molecule has 3 rings (SSSR count). The summed E-state index contributed by atoms with van der Waals surface area (Å²) >= 11 is 2.92. The minimum Gasteiger partial charge on any atom is -0.329 e.